The minimum absolute atomic E-state index is 0.112. The van der Waals surface area contributed by atoms with Gasteiger partial charge >= 0.3 is 6.03 Å². The second-order valence-electron chi connectivity index (χ2n) is 7.14. The van der Waals surface area contributed by atoms with Crippen molar-refractivity contribution in [2.75, 3.05) is 30.5 Å². The number of carbonyl (C=O) groups is 2. The monoisotopic (exact) mass is 424 g/mol. The average Bonchev–Trinajstić information content (AvgIpc) is 3.27. The van der Waals surface area contributed by atoms with E-state index >= 15 is 0 Å². The molecule has 0 spiro atoms. The number of fused-ring (bicyclic) bond motifs is 1. The predicted octanol–water partition coefficient (Wildman–Crippen LogP) is 2.57. The molecule has 0 radical (unpaired) electrons. The van der Waals surface area contributed by atoms with Gasteiger partial charge in [-0.2, -0.15) is 5.10 Å². The Kier molecular flexibility index (Phi) is 5.63. The highest BCUT2D eigenvalue weighted by molar-refractivity contribution is 6.08. The number of methoxy groups -OCH3 is 1. The van der Waals surface area contributed by atoms with Crippen molar-refractivity contribution in [2.45, 2.75) is 13.0 Å². The maximum absolute atomic E-state index is 14.7. The molecule has 160 valence electrons. The molecule has 1 atom stereocenters. The third-order valence-corrected chi connectivity index (χ3v) is 4.84. The number of amides is 3. The van der Waals surface area contributed by atoms with Gasteiger partial charge in [-0.05, 0) is 42.3 Å². The van der Waals surface area contributed by atoms with E-state index in [4.69, 9.17) is 4.74 Å². The van der Waals surface area contributed by atoms with Crippen molar-refractivity contribution in [3.63, 3.8) is 0 Å². The van der Waals surface area contributed by atoms with Gasteiger partial charge < -0.3 is 15.4 Å². The molecule has 0 aliphatic carbocycles. The van der Waals surface area contributed by atoms with Gasteiger partial charge in [0.15, 0.2) is 5.82 Å². The fourth-order valence-corrected chi connectivity index (χ4v) is 3.40. The molecule has 31 heavy (non-hydrogen) atoms. The van der Waals surface area contributed by atoms with Crippen molar-refractivity contribution >= 4 is 23.4 Å². The number of halogens is 1. The summed E-state index contributed by atoms with van der Waals surface area (Å²) < 4.78 is 21.3. The number of hydrogen-bond acceptors (Lipinski definition) is 5. The lowest BCUT2D eigenvalue weighted by Gasteiger charge is -2.30. The van der Waals surface area contributed by atoms with Crippen molar-refractivity contribution < 1.29 is 18.7 Å². The lowest BCUT2D eigenvalue weighted by Crippen LogP contribution is -2.49. The van der Waals surface area contributed by atoms with E-state index in [2.05, 4.69) is 20.7 Å². The van der Waals surface area contributed by atoms with E-state index < -0.39 is 17.9 Å². The van der Waals surface area contributed by atoms with Gasteiger partial charge in [0.05, 0.1) is 18.3 Å². The predicted molar refractivity (Wildman–Crippen MR) is 112 cm³/mol. The molecule has 0 saturated carbocycles. The van der Waals surface area contributed by atoms with Crippen molar-refractivity contribution in [1.82, 2.24) is 20.1 Å². The van der Waals surface area contributed by atoms with Crippen LogP contribution in [0.5, 0.6) is 0 Å². The van der Waals surface area contributed by atoms with Crippen LogP contribution < -0.4 is 15.5 Å². The molecule has 1 unspecified atom stereocenters. The van der Waals surface area contributed by atoms with Crippen LogP contribution in [-0.4, -0.2) is 47.0 Å². The lowest BCUT2D eigenvalue weighted by atomic mass is 10.1. The molecule has 1 aromatic carbocycles. The molecule has 1 aliphatic heterocycles. The first kappa shape index (κ1) is 20.5. The Labute approximate surface area is 177 Å². The second kappa shape index (κ2) is 8.52. The Morgan fingerprint density at radius 1 is 1.39 bits per heavy atom. The van der Waals surface area contributed by atoms with E-state index in [0.717, 1.165) is 5.56 Å². The summed E-state index contributed by atoms with van der Waals surface area (Å²) in [5.74, 6) is -0.469. The van der Waals surface area contributed by atoms with Crippen LogP contribution in [0.25, 0.3) is 5.69 Å². The summed E-state index contributed by atoms with van der Waals surface area (Å²) in [6.07, 6.45) is 4.82. The largest absolute Gasteiger partial charge is 0.382 e. The Morgan fingerprint density at radius 2 is 2.23 bits per heavy atom. The summed E-state index contributed by atoms with van der Waals surface area (Å²) in [5, 5.41) is 9.56. The van der Waals surface area contributed by atoms with Gasteiger partial charge in [0.1, 0.15) is 18.0 Å². The van der Waals surface area contributed by atoms with Crippen LogP contribution in [0.1, 0.15) is 17.2 Å². The van der Waals surface area contributed by atoms with Crippen LogP contribution in [0.4, 0.5) is 20.7 Å². The fraction of sp³-hybridized carbons (Fsp3) is 0.238. The van der Waals surface area contributed by atoms with Gasteiger partial charge in [-0.3, -0.25) is 9.69 Å². The van der Waals surface area contributed by atoms with Gasteiger partial charge in [-0.15, -0.1) is 0 Å². The van der Waals surface area contributed by atoms with E-state index in [-0.39, 0.29) is 24.7 Å². The molecule has 1 aliphatic rings. The number of ether oxygens (including phenoxy) is 1. The molecule has 10 heteroatoms. The van der Waals surface area contributed by atoms with Crippen molar-refractivity contribution in [2.24, 2.45) is 0 Å². The molecule has 4 rings (SSSR count). The van der Waals surface area contributed by atoms with Gasteiger partial charge in [0.25, 0.3) is 0 Å². The summed E-state index contributed by atoms with van der Waals surface area (Å²) in [6.45, 7) is 1.77. The maximum Gasteiger partial charge on any atom is 0.324 e. The highest BCUT2D eigenvalue weighted by Gasteiger charge is 2.30. The van der Waals surface area contributed by atoms with Crippen molar-refractivity contribution in [1.29, 1.82) is 0 Å². The number of nitrogens with zero attached hydrogens (tertiary/aromatic N) is 4. The molecule has 3 amide bonds. The molecular weight excluding hydrogens is 403 g/mol. The van der Waals surface area contributed by atoms with Crippen molar-refractivity contribution in [3.05, 3.63) is 65.9 Å². The summed E-state index contributed by atoms with van der Waals surface area (Å²) >= 11 is 0. The number of aromatic nitrogens is 3. The third-order valence-electron chi connectivity index (χ3n) is 4.84. The van der Waals surface area contributed by atoms with E-state index in [9.17, 15) is 14.0 Å². The average molecular weight is 424 g/mol. The van der Waals surface area contributed by atoms with Crippen LogP contribution in [-0.2, 0) is 9.53 Å². The zero-order valence-corrected chi connectivity index (χ0v) is 17.0. The summed E-state index contributed by atoms with van der Waals surface area (Å²) in [6, 6.07) is 6.88. The minimum Gasteiger partial charge on any atom is -0.382 e. The number of rotatable bonds is 5. The molecule has 2 N–H and O–H groups in total. The minimum atomic E-state index is -0.641. The number of hydrogen-bond donors (Lipinski definition) is 2. The number of benzene rings is 1. The summed E-state index contributed by atoms with van der Waals surface area (Å²) in [7, 11) is 1.49. The normalized spacial score (nSPS) is 14.0. The molecule has 0 saturated heterocycles. The second-order valence-corrected chi connectivity index (χ2v) is 7.14. The SMILES string of the molecule is COCC(NC(=O)N1CC(=O)Nc2cc(C)cnc21)c1ccc(-n2cccn2)c(F)c1. The molecule has 0 fully saturated rings. The number of urea groups is 1. The summed E-state index contributed by atoms with van der Waals surface area (Å²) in [4.78, 5) is 30.6. The first-order valence-corrected chi connectivity index (χ1v) is 9.59. The molecule has 3 heterocycles. The number of aryl methyl sites for hydroxylation is 1. The van der Waals surface area contributed by atoms with E-state index in [1.165, 1.54) is 22.8 Å². The van der Waals surface area contributed by atoms with E-state index in [0.29, 0.717) is 17.1 Å². The van der Waals surface area contributed by atoms with Crippen LogP contribution in [0, 0.1) is 12.7 Å². The standard InChI is InChI=1S/C21H21FN6O3/c1-13-8-16-20(23-10-13)27(11-19(29)25-16)21(30)26-17(12-31-2)14-4-5-18(15(22)9-14)28-7-3-6-24-28/h3-10,17H,11-12H2,1-2H3,(H,25,29)(H,26,30). The molecule has 0 bridgehead atoms. The van der Waals surface area contributed by atoms with Crippen LogP contribution in [0.2, 0.25) is 0 Å². The summed E-state index contributed by atoms with van der Waals surface area (Å²) in [5.41, 5.74) is 2.12. The van der Waals surface area contributed by atoms with E-state index in [1.54, 1.807) is 42.9 Å². The van der Waals surface area contributed by atoms with E-state index in [1.807, 2.05) is 6.92 Å². The molecule has 2 aromatic heterocycles. The highest BCUT2D eigenvalue weighted by atomic mass is 19.1. The van der Waals surface area contributed by atoms with Crippen molar-refractivity contribution in [3.8, 4) is 5.69 Å². The first-order valence-electron chi connectivity index (χ1n) is 9.59. The smallest absolute Gasteiger partial charge is 0.324 e. The number of carbonyl (C=O) groups excluding carboxylic acids is 2. The molecular formula is C21H21FN6O3. The number of anilines is 2. The fourth-order valence-electron chi connectivity index (χ4n) is 3.40. The zero-order valence-electron chi connectivity index (χ0n) is 17.0. The zero-order chi connectivity index (χ0) is 22.0. The Hall–Kier alpha value is -3.79. The van der Waals surface area contributed by atoms with Crippen LogP contribution in [0.15, 0.2) is 48.9 Å². The Morgan fingerprint density at radius 3 is 2.94 bits per heavy atom. The highest BCUT2D eigenvalue weighted by Crippen LogP contribution is 2.28. The third kappa shape index (κ3) is 4.24. The molecule has 9 nitrogen and oxygen atoms in total. The topological polar surface area (TPSA) is 101 Å². The van der Waals surface area contributed by atoms with Gasteiger partial charge in [0.2, 0.25) is 5.91 Å². The molecule has 3 aromatic rings. The van der Waals surface area contributed by atoms with Crippen LogP contribution in [0.3, 0.4) is 0 Å². The van der Waals surface area contributed by atoms with Crippen LogP contribution >= 0.6 is 0 Å². The maximum atomic E-state index is 14.7. The quantitative estimate of drug-likeness (QED) is 0.656. The Balaban J connectivity index is 1.58. The lowest BCUT2D eigenvalue weighted by molar-refractivity contribution is -0.115. The van der Waals surface area contributed by atoms with Gasteiger partial charge in [0, 0.05) is 25.7 Å². The number of pyridine rings is 1. The number of nitrogens with one attached hydrogen (secondary N) is 2. The van der Waals surface area contributed by atoms with Gasteiger partial charge in [-0.1, -0.05) is 6.07 Å². The Bertz CT molecular complexity index is 1120. The first-order chi connectivity index (χ1) is 15.0. The van der Waals surface area contributed by atoms with Gasteiger partial charge in [-0.25, -0.2) is 18.9 Å².